The number of halogens is 3. The van der Waals surface area contributed by atoms with Crippen molar-refractivity contribution in [2.75, 3.05) is 12.4 Å². The standard InChI is InChI=1S/C16H21F3N2O3/c1-10(2)8-13(9-14(22)21-15(23)24-3)20-12-6-4-11(5-7-12)16(17,18)19/h4-7,10,13,20H,8-9H2,1-3H3,(H,21,22,23)/t13-/m0/s1. The first-order valence-corrected chi connectivity index (χ1v) is 7.43. The predicted molar refractivity (Wildman–Crippen MR) is 83.5 cm³/mol. The molecule has 0 aliphatic rings. The van der Waals surface area contributed by atoms with Gasteiger partial charge in [-0.25, -0.2) is 4.79 Å². The van der Waals surface area contributed by atoms with Gasteiger partial charge in [-0.15, -0.1) is 0 Å². The highest BCUT2D eigenvalue weighted by Gasteiger charge is 2.30. The lowest BCUT2D eigenvalue weighted by molar-refractivity contribution is -0.137. The van der Waals surface area contributed by atoms with E-state index < -0.39 is 23.7 Å². The van der Waals surface area contributed by atoms with Gasteiger partial charge >= 0.3 is 12.3 Å². The van der Waals surface area contributed by atoms with Crippen LogP contribution in [-0.2, 0) is 15.7 Å². The minimum Gasteiger partial charge on any atom is -0.453 e. The molecule has 1 aromatic rings. The highest BCUT2D eigenvalue weighted by atomic mass is 19.4. The predicted octanol–water partition coefficient (Wildman–Crippen LogP) is 3.80. The Hall–Kier alpha value is -2.25. The van der Waals surface area contributed by atoms with Crippen LogP contribution in [0.1, 0.15) is 32.3 Å². The Bertz CT molecular complexity index is 557. The Morgan fingerprint density at radius 1 is 1.17 bits per heavy atom. The van der Waals surface area contributed by atoms with Gasteiger partial charge in [0.25, 0.3) is 0 Å². The molecule has 0 radical (unpaired) electrons. The number of carbonyl (C=O) groups is 2. The number of hydrogen-bond acceptors (Lipinski definition) is 4. The number of imide groups is 1. The second-order valence-electron chi connectivity index (χ2n) is 5.79. The molecule has 1 rings (SSSR count). The zero-order chi connectivity index (χ0) is 18.3. The van der Waals surface area contributed by atoms with Crippen LogP contribution in [0.3, 0.4) is 0 Å². The molecule has 1 aromatic carbocycles. The summed E-state index contributed by atoms with van der Waals surface area (Å²) in [7, 11) is 1.15. The van der Waals surface area contributed by atoms with Crippen LogP contribution in [0.4, 0.5) is 23.7 Å². The molecule has 0 aromatic heterocycles. The summed E-state index contributed by atoms with van der Waals surface area (Å²) in [6.45, 7) is 3.92. The topological polar surface area (TPSA) is 67.4 Å². The van der Waals surface area contributed by atoms with Crippen molar-refractivity contribution in [3.05, 3.63) is 29.8 Å². The molecule has 1 atom stereocenters. The van der Waals surface area contributed by atoms with Gasteiger partial charge in [0.2, 0.25) is 5.91 Å². The average molecular weight is 346 g/mol. The van der Waals surface area contributed by atoms with Crippen molar-refractivity contribution < 1.29 is 27.5 Å². The quantitative estimate of drug-likeness (QED) is 0.822. The van der Waals surface area contributed by atoms with Crippen LogP contribution in [0.15, 0.2) is 24.3 Å². The lowest BCUT2D eigenvalue weighted by Gasteiger charge is -2.21. The number of nitrogens with one attached hydrogen (secondary N) is 2. The number of amides is 2. The van der Waals surface area contributed by atoms with Crippen molar-refractivity contribution in [1.29, 1.82) is 0 Å². The Labute approximate surface area is 138 Å². The molecule has 0 bridgehead atoms. The normalized spacial score (nSPS) is 12.6. The molecule has 8 heteroatoms. The van der Waals surface area contributed by atoms with Gasteiger partial charge in [-0.2, -0.15) is 13.2 Å². The van der Waals surface area contributed by atoms with Crippen LogP contribution in [0.2, 0.25) is 0 Å². The maximum atomic E-state index is 12.6. The van der Waals surface area contributed by atoms with Gasteiger partial charge < -0.3 is 10.1 Å². The lowest BCUT2D eigenvalue weighted by Crippen LogP contribution is -2.35. The van der Waals surface area contributed by atoms with E-state index in [0.717, 1.165) is 19.2 Å². The SMILES string of the molecule is COC(=O)NC(=O)C[C@H](CC(C)C)Nc1ccc(C(F)(F)F)cc1. The molecule has 0 aliphatic carbocycles. The van der Waals surface area contributed by atoms with Gasteiger partial charge in [0, 0.05) is 18.2 Å². The lowest BCUT2D eigenvalue weighted by atomic mass is 10.0. The first-order valence-electron chi connectivity index (χ1n) is 7.43. The van der Waals surface area contributed by atoms with Gasteiger partial charge in [-0.3, -0.25) is 10.1 Å². The van der Waals surface area contributed by atoms with Crippen molar-refractivity contribution in [1.82, 2.24) is 5.32 Å². The van der Waals surface area contributed by atoms with Crippen molar-refractivity contribution >= 4 is 17.7 Å². The molecule has 0 unspecified atom stereocenters. The van der Waals surface area contributed by atoms with E-state index in [1.54, 1.807) is 0 Å². The Morgan fingerprint density at radius 3 is 2.21 bits per heavy atom. The number of hydrogen-bond donors (Lipinski definition) is 2. The second-order valence-corrected chi connectivity index (χ2v) is 5.79. The van der Waals surface area contributed by atoms with E-state index in [-0.39, 0.29) is 18.4 Å². The molecule has 0 spiro atoms. The fourth-order valence-corrected chi connectivity index (χ4v) is 2.19. The van der Waals surface area contributed by atoms with E-state index in [2.05, 4.69) is 15.4 Å². The molecule has 2 amide bonds. The van der Waals surface area contributed by atoms with E-state index in [1.807, 2.05) is 13.8 Å². The van der Waals surface area contributed by atoms with Crippen molar-refractivity contribution in [3.63, 3.8) is 0 Å². The number of rotatable bonds is 6. The minimum atomic E-state index is -4.39. The van der Waals surface area contributed by atoms with E-state index in [0.29, 0.717) is 12.1 Å². The van der Waals surface area contributed by atoms with Gasteiger partial charge in [-0.05, 0) is 36.6 Å². The molecule has 5 nitrogen and oxygen atoms in total. The van der Waals surface area contributed by atoms with Crippen LogP contribution >= 0.6 is 0 Å². The summed E-state index contributed by atoms with van der Waals surface area (Å²) < 4.78 is 42.0. The molecule has 24 heavy (non-hydrogen) atoms. The summed E-state index contributed by atoms with van der Waals surface area (Å²) in [5.41, 5.74) is -0.267. The largest absolute Gasteiger partial charge is 0.453 e. The third-order valence-electron chi connectivity index (χ3n) is 3.20. The Kier molecular flexibility index (Phi) is 7.06. The summed E-state index contributed by atoms with van der Waals surface area (Å²) in [5.74, 6) is -0.269. The highest BCUT2D eigenvalue weighted by molar-refractivity contribution is 5.92. The zero-order valence-corrected chi connectivity index (χ0v) is 13.7. The zero-order valence-electron chi connectivity index (χ0n) is 13.7. The van der Waals surface area contributed by atoms with Crippen LogP contribution in [0, 0.1) is 5.92 Å². The maximum Gasteiger partial charge on any atom is 0.416 e. The number of alkyl carbamates (subject to hydrolysis) is 1. The van der Waals surface area contributed by atoms with E-state index in [1.165, 1.54) is 12.1 Å². The molecule has 0 fully saturated rings. The van der Waals surface area contributed by atoms with E-state index in [9.17, 15) is 22.8 Å². The van der Waals surface area contributed by atoms with Gasteiger partial charge in [-0.1, -0.05) is 13.8 Å². The Morgan fingerprint density at radius 2 is 1.75 bits per heavy atom. The number of carbonyl (C=O) groups excluding carboxylic acids is 2. The van der Waals surface area contributed by atoms with E-state index >= 15 is 0 Å². The highest BCUT2D eigenvalue weighted by Crippen LogP contribution is 2.30. The van der Waals surface area contributed by atoms with Gasteiger partial charge in [0.05, 0.1) is 12.7 Å². The fourth-order valence-electron chi connectivity index (χ4n) is 2.19. The molecular formula is C16H21F3N2O3. The monoisotopic (exact) mass is 346 g/mol. The molecule has 134 valence electrons. The van der Waals surface area contributed by atoms with E-state index in [4.69, 9.17) is 0 Å². The maximum absolute atomic E-state index is 12.6. The molecule has 0 heterocycles. The second kappa shape index (κ2) is 8.56. The number of anilines is 1. The van der Waals surface area contributed by atoms with Gasteiger partial charge in [0.1, 0.15) is 0 Å². The third kappa shape index (κ3) is 6.89. The summed E-state index contributed by atoms with van der Waals surface area (Å²) >= 11 is 0. The smallest absolute Gasteiger partial charge is 0.416 e. The van der Waals surface area contributed by atoms with Crippen LogP contribution in [0.5, 0.6) is 0 Å². The summed E-state index contributed by atoms with van der Waals surface area (Å²) in [4.78, 5) is 22.8. The van der Waals surface area contributed by atoms with Crippen molar-refractivity contribution in [2.24, 2.45) is 5.92 Å². The molecule has 0 aliphatic heterocycles. The summed E-state index contributed by atoms with van der Waals surface area (Å²) in [6, 6.07) is 4.25. The van der Waals surface area contributed by atoms with Crippen LogP contribution in [-0.4, -0.2) is 25.2 Å². The third-order valence-corrected chi connectivity index (χ3v) is 3.20. The first kappa shape index (κ1) is 19.8. The molecule has 0 saturated carbocycles. The first-order chi connectivity index (χ1) is 11.1. The Balaban J connectivity index is 2.75. The molecular weight excluding hydrogens is 325 g/mol. The molecule has 2 N–H and O–H groups in total. The number of alkyl halides is 3. The van der Waals surface area contributed by atoms with Crippen molar-refractivity contribution in [2.45, 2.75) is 38.9 Å². The minimum absolute atomic E-state index is 0.00565. The average Bonchev–Trinajstić information content (AvgIpc) is 2.45. The number of benzene rings is 1. The van der Waals surface area contributed by atoms with Gasteiger partial charge in [0.15, 0.2) is 0 Å². The van der Waals surface area contributed by atoms with Crippen molar-refractivity contribution in [3.8, 4) is 0 Å². The van der Waals surface area contributed by atoms with Crippen LogP contribution in [0.25, 0.3) is 0 Å². The number of ether oxygens (including phenoxy) is 1. The molecule has 0 saturated heterocycles. The fraction of sp³-hybridized carbons (Fsp3) is 0.500. The summed E-state index contributed by atoms with van der Waals surface area (Å²) in [6.07, 6.45) is -4.64. The number of methoxy groups -OCH3 is 1. The summed E-state index contributed by atoms with van der Waals surface area (Å²) in [5, 5.41) is 5.09. The van der Waals surface area contributed by atoms with Crippen LogP contribution < -0.4 is 10.6 Å².